The van der Waals surface area contributed by atoms with Crippen LogP contribution in [0.3, 0.4) is 0 Å². The van der Waals surface area contributed by atoms with Gasteiger partial charge in [-0.25, -0.2) is 0 Å². The number of hydrogen-bond acceptors (Lipinski definition) is 2. The van der Waals surface area contributed by atoms with Crippen LogP contribution in [0.15, 0.2) is 48.5 Å². The molecule has 1 aromatic heterocycles. The molecule has 0 fully saturated rings. The summed E-state index contributed by atoms with van der Waals surface area (Å²) in [6.45, 7) is 4.33. The lowest BCUT2D eigenvalue weighted by Crippen LogP contribution is -2.39. The lowest BCUT2D eigenvalue weighted by molar-refractivity contribution is 0.0909. The summed E-state index contributed by atoms with van der Waals surface area (Å²) in [6.07, 6.45) is 3.72. The van der Waals surface area contributed by atoms with Gasteiger partial charge in [-0.3, -0.25) is 4.79 Å². The summed E-state index contributed by atoms with van der Waals surface area (Å²) >= 11 is 0. The van der Waals surface area contributed by atoms with E-state index in [1.165, 1.54) is 5.69 Å². The largest absolute Gasteiger partial charge is 0.368 e. The molecule has 25 heavy (non-hydrogen) atoms. The zero-order valence-electron chi connectivity index (χ0n) is 14.9. The molecule has 4 rings (SSSR count). The Morgan fingerprint density at radius 1 is 0.960 bits per heavy atom. The standard InChI is InChI=1S/C22H24N2O/c1-3-9-19-20(15-10-5-7-12-17(15)23-19)22(14-4-2)21(25)16-11-6-8-13-18(16)24-22/h5-8,10-13,23-24H,3-4,9,14H2,1-2H3. The molecule has 1 aliphatic rings. The van der Waals surface area contributed by atoms with Crippen LogP contribution in [-0.4, -0.2) is 10.8 Å². The van der Waals surface area contributed by atoms with Gasteiger partial charge < -0.3 is 10.3 Å². The van der Waals surface area contributed by atoms with Crippen molar-refractivity contribution in [1.82, 2.24) is 4.98 Å². The predicted molar refractivity (Wildman–Crippen MR) is 103 cm³/mol. The number of Topliss-reactive ketones (excluding diaryl/α,β-unsaturated/α-hetero) is 1. The van der Waals surface area contributed by atoms with E-state index < -0.39 is 5.54 Å². The number of hydrogen-bond donors (Lipinski definition) is 2. The fourth-order valence-electron chi connectivity index (χ4n) is 4.28. The molecule has 3 nitrogen and oxygen atoms in total. The quantitative estimate of drug-likeness (QED) is 0.655. The molecule has 0 saturated heterocycles. The van der Waals surface area contributed by atoms with Gasteiger partial charge in [0.25, 0.3) is 0 Å². The Morgan fingerprint density at radius 2 is 1.72 bits per heavy atom. The van der Waals surface area contributed by atoms with Crippen molar-refractivity contribution in [2.24, 2.45) is 0 Å². The molecule has 0 aliphatic carbocycles. The molecule has 1 unspecified atom stereocenters. The minimum Gasteiger partial charge on any atom is -0.368 e. The Hall–Kier alpha value is -2.55. The number of nitrogens with one attached hydrogen (secondary N) is 2. The Balaban J connectivity index is 1.99. The fraction of sp³-hybridized carbons (Fsp3) is 0.318. The number of para-hydroxylation sites is 2. The van der Waals surface area contributed by atoms with E-state index in [9.17, 15) is 4.79 Å². The minimum absolute atomic E-state index is 0.201. The van der Waals surface area contributed by atoms with E-state index in [4.69, 9.17) is 0 Å². The molecule has 0 saturated carbocycles. The first-order valence-corrected chi connectivity index (χ1v) is 9.23. The zero-order valence-corrected chi connectivity index (χ0v) is 14.9. The summed E-state index contributed by atoms with van der Waals surface area (Å²) in [4.78, 5) is 17.1. The lowest BCUT2D eigenvalue weighted by atomic mass is 9.80. The summed E-state index contributed by atoms with van der Waals surface area (Å²) in [7, 11) is 0. The van der Waals surface area contributed by atoms with Crippen molar-refractivity contribution in [3.63, 3.8) is 0 Å². The number of carbonyl (C=O) groups excluding carboxylic acids is 1. The van der Waals surface area contributed by atoms with Crippen LogP contribution in [0.5, 0.6) is 0 Å². The van der Waals surface area contributed by atoms with E-state index in [0.717, 1.165) is 53.4 Å². The molecule has 1 atom stereocenters. The second kappa shape index (κ2) is 6.07. The van der Waals surface area contributed by atoms with Crippen molar-refractivity contribution in [3.8, 4) is 0 Å². The normalized spacial score (nSPS) is 19.2. The first-order valence-electron chi connectivity index (χ1n) is 9.23. The smallest absolute Gasteiger partial charge is 0.194 e. The number of fused-ring (bicyclic) bond motifs is 2. The van der Waals surface area contributed by atoms with Gasteiger partial charge in [-0.1, -0.05) is 57.0 Å². The first-order chi connectivity index (χ1) is 12.2. The number of H-pyrrole nitrogens is 1. The summed E-state index contributed by atoms with van der Waals surface area (Å²) < 4.78 is 0. The molecule has 0 spiro atoms. The average molecular weight is 332 g/mol. The molecule has 3 aromatic rings. The van der Waals surface area contributed by atoms with Gasteiger partial charge in [-0.15, -0.1) is 0 Å². The van der Waals surface area contributed by atoms with Crippen LogP contribution in [0.2, 0.25) is 0 Å². The third-order valence-corrected chi connectivity index (χ3v) is 5.24. The van der Waals surface area contributed by atoms with E-state index in [1.54, 1.807) is 0 Å². The fourth-order valence-corrected chi connectivity index (χ4v) is 4.28. The Kier molecular flexibility index (Phi) is 3.87. The van der Waals surface area contributed by atoms with Crippen molar-refractivity contribution in [1.29, 1.82) is 0 Å². The highest BCUT2D eigenvalue weighted by Gasteiger charge is 2.48. The molecule has 2 heterocycles. The van der Waals surface area contributed by atoms with E-state index in [-0.39, 0.29) is 5.78 Å². The predicted octanol–water partition coefficient (Wildman–Crippen LogP) is 5.42. The van der Waals surface area contributed by atoms with Crippen LogP contribution < -0.4 is 5.32 Å². The van der Waals surface area contributed by atoms with Crippen LogP contribution in [0.1, 0.15) is 54.7 Å². The van der Waals surface area contributed by atoms with Crippen molar-refractivity contribution in [2.45, 2.75) is 45.1 Å². The molecule has 0 bridgehead atoms. The van der Waals surface area contributed by atoms with Crippen LogP contribution in [0.4, 0.5) is 5.69 Å². The third-order valence-electron chi connectivity index (χ3n) is 5.24. The van der Waals surface area contributed by atoms with Crippen LogP contribution in [0, 0.1) is 0 Å². The van der Waals surface area contributed by atoms with Gasteiger partial charge >= 0.3 is 0 Å². The van der Waals surface area contributed by atoms with Gasteiger partial charge in [0.2, 0.25) is 0 Å². The van der Waals surface area contributed by atoms with Crippen molar-refractivity contribution in [3.05, 3.63) is 65.4 Å². The minimum atomic E-state index is -0.664. The highest BCUT2D eigenvalue weighted by atomic mass is 16.1. The summed E-state index contributed by atoms with van der Waals surface area (Å²) in [6, 6.07) is 16.2. The van der Waals surface area contributed by atoms with Crippen molar-refractivity contribution in [2.75, 3.05) is 5.32 Å². The maximum atomic E-state index is 13.5. The number of benzene rings is 2. The topological polar surface area (TPSA) is 44.9 Å². The van der Waals surface area contributed by atoms with Gasteiger partial charge in [0.1, 0.15) is 5.54 Å². The highest BCUT2D eigenvalue weighted by molar-refractivity contribution is 6.15. The molecule has 3 heteroatoms. The molecule has 128 valence electrons. The zero-order chi connectivity index (χ0) is 17.4. The maximum Gasteiger partial charge on any atom is 0.194 e. The monoisotopic (exact) mass is 332 g/mol. The summed E-state index contributed by atoms with van der Waals surface area (Å²) in [5.41, 5.74) is 4.54. The number of rotatable bonds is 5. The molecule has 2 aromatic carbocycles. The van der Waals surface area contributed by atoms with Gasteiger partial charge in [-0.05, 0) is 31.0 Å². The van der Waals surface area contributed by atoms with E-state index in [0.29, 0.717) is 0 Å². The molecular formula is C22H24N2O. The van der Waals surface area contributed by atoms with Crippen LogP contribution in [0.25, 0.3) is 10.9 Å². The maximum absolute atomic E-state index is 13.5. The number of ketones is 1. The van der Waals surface area contributed by atoms with Crippen LogP contribution in [-0.2, 0) is 12.0 Å². The summed E-state index contributed by atoms with van der Waals surface area (Å²) in [5.74, 6) is 0.201. The number of aromatic amines is 1. The molecule has 0 amide bonds. The highest BCUT2D eigenvalue weighted by Crippen LogP contribution is 2.46. The molecule has 2 N–H and O–H groups in total. The third kappa shape index (κ3) is 2.30. The second-order valence-corrected chi connectivity index (χ2v) is 6.93. The van der Waals surface area contributed by atoms with E-state index in [2.05, 4.69) is 42.3 Å². The average Bonchev–Trinajstić information content (AvgIpc) is 3.12. The van der Waals surface area contributed by atoms with Gasteiger partial charge in [-0.2, -0.15) is 0 Å². The molecular weight excluding hydrogens is 308 g/mol. The number of aryl methyl sites for hydroxylation is 1. The van der Waals surface area contributed by atoms with Crippen molar-refractivity contribution < 1.29 is 4.79 Å². The van der Waals surface area contributed by atoms with Crippen molar-refractivity contribution >= 4 is 22.4 Å². The SMILES string of the molecule is CCCc1[nH]c2ccccc2c1C1(CCC)Nc2ccccc2C1=O. The molecule has 0 radical (unpaired) electrons. The van der Waals surface area contributed by atoms with E-state index >= 15 is 0 Å². The number of aromatic nitrogens is 1. The van der Waals surface area contributed by atoms with E-state index in [1.807, 2.05) is 30.3 Å². The summed E-state index contributed by atoms with van der Waals surface area (Å²) in [5, 5.41) is 4.78. The lowest BCUT2D eigenvalue weighted by Gasteiger charge is -2.30. The van der Waals surface area contributed by atoms with Crippen LogP contribution >= 0.6 is 0 Å². The first kappa shape index (κ1) is 15.9. The Labute approximate surface area is 148 Å². The molecule has 1 aliphatic heterocycles. The van der Waals surface area contributed by atoms with Gasteiger partial charge in [0.05, 0.1) is 0 Å². The second-order valence-electron chi connectivity index (χ2n) is 6.93. The van der Waals surface area contributed by atoms with Gasteiger partial charge in [0, 0.05) is 33.4 Å². The van der Waals surface area contributed by atoms with Gasteiger partial charge in [0.15, 0.2) is 5.78 Å². The number of carbonyl (C=O) groups is 1. The number of anilines is 1. The Bertz CT molecular complexity index is 940. The Morgan fingerprint density at radius 3 is 2.48 bits per heavy atom.